The Labute approximate surface area is 112 Å². The van der Waals surface area contributed by atoms with Crippen LogP contribution in [0.1, 0.15) is 46.0 Å². The fraction of sp³-hybridized carbons (Fsp3) is 1.00. The van der Waals surface area contributed by atoms with Gasteiger partial charge in [0.05, 0.1) is 6.10 Å². The first-order valence-electron chi connectivity index (χ1n) is 7.76. The topological polar surface area (TPSA) is 38.5 Å². The summed E-state index contributed by atoms with van der Waals surface area (Å²) >= 11 is 0. The summed E-state index contributed by atoms with van der Waals surface area (Å²) in [5, 5.41) is 0. The molecule has 4 unspecified atom stereocenters. The van der Waals surface area contributed by atoms with Crippen molar-refractivity contribution in [3.63, 3.8) is 0 Å². The van der Waals surface area contributed by atoms with Crippen LogP contribution in [-0.2, 0) is 4.74 Å². The lowest BCUT2D eigenvalue weighted by atomic mass is 9.78. The smallest absolute Gasteiger partial charge is 0.0674 e. The van der Waals surface area contributed by atoms with E-state index >= 15 is 0 Å². The second kappa shape index (κ2) is 6.88. The minimum Gasteiger partial charge on any atom is -0.377 e. The third-order valence-corrected chi connectivity index (χ3v) is 4.72. The van der Waals surface area contributed by atoms with E-state index in [1.807, 2.05) is 0 Å². The number of hydrogen-bond acceptors (Lipinski definition) is 3. The average Bonchev–Trinajstić information content (AvgIpc) is 2.55. The van der Waals surface area contributed by atoms with Gasteiger partial charge in [-0.1, -0.05) is 19.8 Å². The van der Waals surface area contributed by atoms with Gasteiger partial charge < -0.3 is 10.5 Å². The number of hydrogen-bond donors (Lipinski definition) is 1. The van der Waals surface area contributed by atoms with Crippen molar-refractivity contribution in [1.29, 1.82) is 0 Å². The summed E-state index contributed by atoms with van der Waals surface area (Å²) in [6, 6.07) is 0.580. The maximum atomic E-state index is 6.09. The monoisotopic (exact) mass is 254 g/mol. The molecule has 0 bridgehead atoms. The molecule has 2 aliphatic rings. The van der Waals surface area contributed by atoms with Crippen molar-refractivity contribution in [2.24, 2.45) is 17.6 Å². The lowest BCUT2D eigenvalue weighted by molar-refractivity contribution is 0.0479. The minimum atomic E-state index is 0.363. The molecule has 0 aromatic carbocycles. The van der Waals surface area contributed by atoms with E-state index in [0.717, 1.165) is 44.5 Å². The van der Waals surface area contributed by atoms with Gasteiger partial charge in [0, 0.05) is 32.3 Å². The first-order valence-corrected chi connectivity index (χ1v) is 7.76. The Hall–Kier alpha value is -0.120. The van der Waals surface area contributed by atoms with Gasteiger partial charge in [0.2, 0.25) is 0 Å². The predicted octanol–water partition coefficient (Wildman–Crippen LogP) is 2.25. The Morgan fingerprint density at radius 1 is 1.28 bits per heavy atom. The lowest BCUT2D eigenvalue weighted by Crippen LogP contribution is -2.48. The van der Waals surface area contributed by atoms with Gasteiger partial charge in [-0.2, -0.15) is 0 Å². The molecular formula is C15H30N2O. The first-order chi connectivity index (χ1) is 8.70. The van der Waals surface area contributed by atoms with Crippen LogP contribution in [0.15, 0.2) is 0 Å². The zero-order valence-electron chi connectivity index (χ0n) is 12.1. The number of nitrogens with zero attached hydrogens (tertiary/aromatic N) is 1. The van der Waals surface area contributed by atoms with Crippen LogP contribution in [0.5, 0.6) is 0 Å². The Morgan fingerprint density at radius 3 is 2.83 bits per heavy atom. The second-order valence-corrected chi connectivity index (χ2v) is 6.36. The van der Waals surface area contributed by atoms with Gasteiger partial charge in [-0.3, -0.25) is 4.90 Å². The number of ether oxygens (including phenoxy) is 1. The summed E-state index contributed by atoms with van der Waals surface area (Å²) in [6.07, 6.45) is 7.06. The Morgan fingerprint density at radius 2 is 2.11 bits per heavy atom. The van der Waals surface area contributed by atoms with Gasteiger partial charge >= 0.3 is 0 Å². The SMILES string of the molecule is CC1CCCC(C(CN)N2CCCOC(C)C2)C1. The van der Waals surface area contributed by atoms with Gasteiger partial charge in [0.25, 0.3) is 0 Å². The van der Waals surface area contributed by atoms with Crippen molar-refractivity contribution >= 4 is 0 Å². The van der Waals surface area contributed by atoms with E-state index in [-0.39, 0.29) is 0 Å². The summed E-state index contributed by atoms with van der Waals surface area (Å²) < 4.78 is 5.75. The normalized spacial score (nSPS) is 37.2. The molecule has 0 aromatic heterocycles. The fourth-order valence-corrected chi connectivity index (χ4v) is 3.80. The van der Waals surface area contributed by atoms with Crippen molar-refractivity contribution < 1.29 is 4.74 Å². The molecule has 1 saturated carbocycles. The van der Waals surface area contributed by atoms with E-state index in [4.69, 9.17) is 10.5 Å². The molecule has 3 heteroatoms. The molecule has 1 aliphatic heterocycles. The van der Waals surface area contributed by atoms with E-state index in [2.05, 4.69) is 18.7 Å². The van der Waals surface area contributed by atoms with Crippen molar-refractivity contribution in [2.75, 3.05) is 26.2 Å². The maximum absolute atomic E-state index is 6.09. The first kappa shape index (κ1) is 14.3. The Kier molecular flexibility index (Phi) is 5.46. The van der Waals surface area contributed by atoms with Crippen molar-refractivity contribution in [3.8, 4) is 0 Å². The van der Waals surface area contributed by atoms with Crippen LogP contribution in [0, 0.1) is 11.8 Å². The molecule has 1 heterocycles. The fourth-order valence-electron chi connectivity index (χ4n) is 3.80. The molecule has 0 spiro atoms. The van der Waals surface area contributed by atoms with Crippen LogP contribution in [-0.4, -0.2) is 43.3 Å². The zero-order chi connectivity index (χ0) is 13.0. The van der Waals surface area contributed by atoms with E-state index < -0.39 is 0 Å². The van der Waals surface area contributed by atoms with Gasteiger partial charge in [-0.25, -0.2) is 0 Å². The average molecular weight is 254 g/mol. The van der Waals surface area contributed by atoms with Gasteiger partial charge in [-0.05, 0) is 38.0 Å². The molecule has 2 rings (SSSR count). The van der Waals surface area contributed by atoms with E-state index in [1.54, 1.807) is 0 Å². The van der Waals surface area contributed by atoms with Crippen LogP contribution in [0.4, 0.5) is 0 Å². The molecule has 2 N–H and O–H groups in total. The molecule has 0 radical (unpaired) electrons. The van der Waals surface area contributed by atoms with Crippen LogP contribution in [0.2, 0.25) is 0 Å². The molecule has 106 valence electrons. The minimum absolute atomic E-state index is 0.363. The third-order valence-electron chi connectivity index (χ3n) is 4.72. The molecule has 0 amide bonds. The largest absolute Gasteiger partial charge is 0.377 e. The molecule has 1 aliphatic carbocycles. The highest BCUT2D eigenvalue weighted by Crippen LogP contribution is 2.32. The lowest BCUT2D eigenvalue weighted by Gasteiger charge is -2.39. The summed E-state index contributed by atoms with van der Waals surface area (Å²) in [6.45, 7) is 8.53. The molecule has 0 aromatic rings. The zero-order valence-corrected chi connectivity index (χ0v) is 12.1. The van der Waals surface area contributed by atoms with Gasteiger partial charge in [0.1, 0.15) is 0 Å². The molecule has 18 heavy (non-hydrogen) atoms. The Balaban J connectivity index is 1.97. The highest BCUT2D eigenvalue weighted by atomic mass is 16.5. The van der Waals surface area contributed by atoms with Crippen LogP contribution < -0.4 is 5.73 Å². The molecule has 3 nitrogen and oxygen atoms in total. The summed E-state index contributed by atoms with van der Waals surface area (Å²) in [4.78, 5) is 2.61. The third kappa shape index (κ3) is 3.69. The van der Waals surface area contributed by atoms with E-state index in [9.17, 15) is 0 Å². The second-order valence-electron chi connectivity index (χ2n) is 6.36. The van der Waals surface area contributed by atoms with Gasteiger partial charge in [0.15, 0.2) is 0 Å². The molecule has 4 atom stereocenters. The summed E-state index contributed by atoms with van der Waals surface area (Å²) in [7, 11) is 0. The number of nitrogens with two attached hydrogens (primary N) is 1. The van der Waals surface area contributed by atoms with Crippen LogP contribution in [0.25, 0.3) is 0 Å². The quantitative estimate of drug-likeness (QED) is 0.839. The maximum Gasteiger partial charge on any atom is 0.0674 e. The van der Waals surface area contributed by atoms with E-state index in [1.165, 1.54) is 25.7 Å². The predicted molar refractivity (Wildman–Crippen MR) is 75.6 cm³/mol. The van der Waals surface area contributed by atoms with Crippen molar-refractivity contribution in [2.45, 2.75) is 58.1 Å². The highest BCUT2D eigenvalue weighted by molar-refractivity contribution is 4.85. The van der Waals surface area contributed by atoms with Crippen LogP contribution >= 0.6 is 0 Å². The molecule has 2 fully saturated rings. The summed E-state index contributed by atoms with van der Waals surface area (Å²) in [5.74, 6) is 1.70. The molecule has 1 saturated heterocycles. The summed E-state index contributed by atoms with van der Waals surface area (Å²) in [5.41, 5.74) is 6.09. The van der Waals surface area contributed by atoms with Gasteiger partial charge in [-0.15, -0.1) is 0 Å². The van der Waals surface area contributed by atoms with Crippen molar-refractivity contribution in [1.82, 2.24) is 4.90 Å². The van der Waals surface area contributed by atoms with Crippen molar-refractivity contribution in [3.05, 3.63) is 0 Å². The standard InChI is InChI=1S/C15H30N2O/c1-12-5-3-6-14(9-12)15(10-16)17-7-4-8-18-13(2)11-17/h12-15H,3-11,16H2,1-2H3. The van der Waals surface area contributed by atoms with E-state index in [0.29, 0.717) is 12.1 Å². The Bertz CT molecular complexity index is 247. The number of rotatable bonds is 3. The highest BCUT2D eigenvalue weighted by Gasteiger charge is 2.31. The molecular weight excluding hydrogens is 224 g/mol. The van der Waals surface area contributed by atoms with Crippen LogP contribution in [0.3, 0.4) is 0 Å².